The van der Waals surface area contributed by atoms with Gasteiger partial charge in [-0.25, -0.2) is 0 Å². The summed E-state index contributed by atoms with van der Waals surface area (Å²) in [7, 11) is 3.30. The monoisotopic (exact) mass is 705 g/mol. The van der Waals surface area contributed by atoms with Crippen LogP contribution in [0.2, 0.25) is 0 Å². The van der Waals surface area contributed by atoms with Gasteiger partial charge in [0, 0.05) is 24.6 Å². The quantitative estimate of drug-likeness (QED) is 0.0699. The molecule has 1 aromatic heterocycles. The Morgan fingerprint density at radius 2 is 1.44 bits per heavy atom. The van der Waals surface area contributed by atoms with Crippen molar-refractivity contribution in [2.75, 3.05) is 20.8 Å². The number of nitrogens with zero attached hydrogens (tertiary/aromatic N) is 1. The molecule has 0 aliphatic rings. The molecule has 0 saturated carbocycles. The minimum Gasteiger partial charge on any atom is -0.493 e. The highest BCUT2D eigenvalue weighted by Crippen LogP contribution is 2.33. The summed E-state index contributed by atoms with van der Waals surface area (Å²) >= 11 is 0. The number of methoxy groups -OCH3 is 1. The van der Waals surface area contributed by atoms with Gasteiger partial charge >= 0.3 is 0 Å². The van der Waals surface area contributed by atoms with E-state index in [-0.39, 0.29) is 23.7 Å². The van der Waals surface area contributed by atoms with Crippen molar-refractivity contribution in [1.82, 2.24) is 0 Å². The number of carbonyl (C=O) groups is 1. The summed E-state index contributed by atoms with van der Waals surface area (Å²) in [5, 5.41) is 0. The van der Waals surface area contributed by atoms with Crippen LogP contribution in [0.5, 0.6) is 11.5 Å². The molecule has 0 fully saturated rings. The van der Waals surface area contributed by atoms with Crippen LogP contribution < -0.4 is 9.47 Å². The number of carbonyl (C=O) groups excluding carboxylic acids is 1. The molecule has 0 aliphatic heterocycles. The zero-order chi connectivity index (χ0) is 35.2. The van der Waals surface area contributed by atoms with E-state index in [1.807, 2.05) is 32.9 Å². The maximum Gasteiger partial charge on any atom is 0.211 e. The van der Waals surface area contributed by atoms with Crippen molar-refractivity contribution in [3.05, 3.63) is 117 Å². The Bertz CT molecular complexity index is 1650. The van der Waals surface area contributed by atoms with Crippen molar-refractivity contribution >= 4 is 23.9 Å². The van der Waals surface area contributed by atoms with Gasteiger partial charge in [-0.2, -0.15) is 0 Å². The first-order valence-electron chi connectivity index (χ1n) is 17.6. The van der Waals surface area contributed by atoms with E-state index < -0.39 is 0 Å². The normalized spacial score (nSPS) is 10.9. The summed E-state index contributed by atoms with van der Waals surface area (Å²) in [4.78, 5) is 18.4. The zero-order valence-corrected chi connectivity index (χ0v) is 32.8. The molecule has 1 heterocycles. The summed E-state index contributed by atoms with van der Waals surface area (Å²) in [5.41, 5.74) is 9.13. The van der Waals surface area contributed by atoms with Gasteiger partial charge in [0.2, 0.25) is 5.78 Å². The molecule has 50 heavy (non-hydrogen) atoms. The number of ketones is 1. The van der Waals surface area contributed by atoms with Crippen LogP contribution in [0.3, 0.4) is 0 Å². The third kappa shape index (κ3) is 12.5. The van der Waals surface area contributed by atoms with Gasteiger partial charge in [0.15, 0.2) is 11.5 Å². The van der Waals surface area contributed by atoms with Gasteiger partial charge in [0.05, 0.1) is 13.7 Å². The summed E-state index contributed by atoms with van der Waals surface area (Å²) in [6.07, 6.45) is 7.21. The van der Waals surface area contributed by atoms with E-state index in [4.69, 9.17) is 13.9 Å². The Labute approximate surface area is 307 Å². The number of furan rings is 1. The zero-order valence-electron chi connectivity index (χ0n) is 32.0. The molecule has 0 saturated heterocycles. The van der Waals surface area contributed by atoms with Crippen molar-refractivity contribution in [2.45, 2.75) is 100 Å². The number of hydrogen-bond acceptors (Lipinski definition) is 5. The highest BCUT2D eigenvalue weighted by Gasteiger charge is 2.23. The molecule has 0 atom stereocenters. The number of aliphatic imine (C=N–C) groups is 1. The fraction of sp³-hybridized carbons (Fsp3) is 0.442. The minimum atomic E-state index is -0.112. The summed E-state index contributed by atoms with van der Waals surface area (Å²) in [5.74, 6) is 4.00. The molecule has 0 unspecified atom stereocenters. The summed E-state index contributed by atoms with van der Waals surface area (Å²) < 4.78 is 17.0. The second kappa shape index (κ2) is 22.1. The molecular formula is C43H60ClNO5. The topological polar surface area (TPSA) is 92.5 Å². The van der Waals surface area contributed by atoms with Crippen molar-refractivity contribution in [3.8, 4) is 11.5 Å². The fourth-order valence-electron chi connectivity index (χ4n) is 5.64. The second-order valence-electron chi connectivity index (χ2n) is 13.0. The number of benzene rings is 3. The molecule has 0 radical (unpaired) electrons. The van der Waals surface area contributed by atoms with Crippen molar-refractivity contribution in [3.63, 3.8) is 0 Å². The summed E-state index contributed by atoms with van der Waals surface area (Å²) in [6.45, 7) is 17.3. The van der Waals surface area contributed by atoms with Crippen molar-refractivity contribution < 1.29 is 24.2 Å². The predicted octanol–water partition coefficient (Wildman–Crippen LogP) is 10.2. The Hall–Kier alpha value is -3.87. The number of rotatable bonds is 15. The number of unbranched alkanes of at least 4 members (excludes halogenated alkanes) is 1. The Balaban J connectivity index is 0.00000167. The number of hydrogen-bond donors (Lipinski definition) is 0. The molecule has 6 nitrogen and oxygen atoms in total. The number of Topliss-reactive ketones (excluding diaryl/α,β-unsaturated/α-hetero) is 1. The van der Waals surface area contributed by atoms with E-state index in [1.165, 1.54) is 34.2 Å². The highest BCUT2D eigenvalue weighted by atomic mass is 35.5. The lowest BCUT2D eigenvalue weighted by atomic mass is 9.88. The smallest absolute Gasteiger partial charge is 0.211 e. The number of halogens is 1. The van der Waals surface area contributed by atoms with Crippen LogP contribution >= 0.6 is 12.4 Å². The molecule has 4 aromatic rings. The molecule has 4 rings (SSSR count). The van der Waals surface area contributed by atoms with E-state index in [9.17, 15) is 4.79 Å². The number of ether oxygens (including phenoxy) is 2. The van der Waals surface area contributed by atoms with E-state index in [0.29, 0.717) is 29.4 Å². The molecule has 0 spiro atoms. The van der Waals surface area contributed by atoms with E-state index in [1.54, 1.807) is 20.2 Å². The standard InChI is InChI=1S/C38H45NO4.C5H12.ClH.H2O/c1-8-42-38-26(3)23-31(24-35(38)41-7)37(40)36(39-6)34-22-13-25(2)28(5)33(34)12-10-9-11-29-15-17-30(18-16-29)19-21-32-20-14-27(4)43-32;1-4-5(2)3;;/h13-18,20,22-24H,8-12,19,21H2,1-7H3;5H,4H2,1-3H3;1H;1H2. The van der Waals surface area contributed by atoms with Crippen LogP contribution in [-0.2, 0) is 25.7 Å². The summed E-state index contributed by atoms with van der Waals surface area (Å²) in [6, 6.07) is 20.8. The van der Waals surface area contributed by atoms with Crippen LogP contribution in [0.15, 0.2) is 70.1 Å². The van der Waals surface area contributed by atoms with Gasteiger partial charge < -0.3 is 19.4 Å². The lowest BCUT2D eigenvalue weighted by Crippen LogP contribution is -2.19. The molecule has 0 bridgehead atoms. The second-order valence-corrected chi connectivity index (χ2v) is 13.0. The molecule has 274 valence electrons. The molecular weight excluding hydrogens is 646 g/mol. The van der Waals surface area contributed by atoms with Gasteiger partial charge in [-0.05, 0) is 130 Å². The Kier molecular flexibility index (Phi) is 19.5. The van der Waals surface area contributed by atoms with Gasteiger partial charge in [-0.1, -0.05) is 63.6 Å². The van der Waals surface area contributed by atoms with Crippen LogP contribution in [-0.4, -0.2) is 37.7 Å². The largest absolute Gasteiger partial charge is 0.493 e. The molecule has 2 N–H and O–H groups in total. The SMILES string of the molecule is CCC(C)C.CCOc1c(C)cc(C(=O)C(=NC)c2ccc(C)c(C)c2CCCCc2ccc(CCc3ccc(C)o3)cc2)cc1OC.Cl.O. The first-order chi connectivity index (χ1) is 23.0. The minimum absolute atomic E-state index is 0. The fourth-order valence-corrected chi connectivity index (χ4v) is 5.64. The first-order valence-corrected chi connectivity index (χ1v) is 17.6. The Morgan fingerprint density at radius 1 is 0.820 bits per heavy atom. The van der Waals surface area contributed by atoms with E-state index in [2.05, 4.69) is 82.1 Å². The molecule has 0 amide bonds. The third-order valence-corrected chi connectivity index (χ3v) is 9.01. The lowest BCUT2D eigenvalue weighted by molar-refractivity contribution is 0.106. The van der Waals surface area contributed by atoms with Gasteiger partial charge in [-0.15, -0.1) is 12.4 Å². The maximum atomic E-state index is 13.9. The van der Waals surface area contributed by atoms with Gasteiger partial charge in [0.1, 0.15) is 17.2 Å². The first kappa shape index (κ1) is 44.2. The van der Waals surface area contributed by atoms with Crippen LogP contribution in [0.1, 0.15) is 108 Å². The van der Waals surface area contributed by atoms with E-state index >= 15 is 0 Å². The van der Waals surface area contributed by atoms with Gasteiger partial charge in [0.25, 0.3) is 0 Å². The average molecular weight is 706 g/mol. The molecule has 7 heteroatoms. The van der Waals surface area contributed by atoms with Crippen molar-refractivity contribution in [2.24, 2.45) is 10.9 Å². The van der Waals surface area contributed by atoms with Gasteiger partial charge in [-0.3, -0.25) is 9.79 Å². The Morgan fingerprint density at radius 3 is 1.98 bits per heavy atom. The van der Waals surface area contributed by atoms with Crippen LogP contribution in [0.4, 0.5) is 0 Å². The predicted molar refractivity (Wildman–Crippen MR) is 212 cm³/mol. The maximum absolute atomic E-state index is 13.9. The van der Waals surface area contributed by atoms with E-state index in [0.717, 1.165) is 67.1 Å². The average Bonchev–Trinajstić information content (AvgIpc) is 3.51. The highest BCUT2D eigenvalue weighted by molar-refractivity contribution is 6.51. The molecule has 0 aliphatic carbocycles. The van der Waals surface area contributed by atoms with Crippen LogP contribution in [0.25, 0.3) is 0 Å². The third-order valence-electron chi connectivity index (χ3n) is 9.01. The van der Waals surface area contributed by atoms with Crippen LogP contribution in [0, 0.1) is 33.6 Å². The number of aryl methyl sites for hydroxylation is 6. The van der Waals surface area contributed by atoms with Crippen molar-refractivity contribution in [1.29, 1.82) is 0 Å². The molecule has 3 aromatic carbocycles. The lowest BCUT2D eigenvalue weighted by Gasteiger charge is -2.18.